The molecule has 4 rings (SSSR count). The first-order valence-corrected chi connectivity index (χ1v) is 9.67. The van der Waals surface area contributed by atoms with E-state index in [1.807, 2.05) is 0 Å². The molecule has 0 radical (unpaired) electrons. The molecule has 0 unspecified atom stereocenters. The van der Waals surface area contributed by atoms with Crippen LogP contribution >= 0.6 is 0 Å². The molecule has 4 atom stereocenters. The number of ether oxygens (including phenoxy) is 1. The zero-order chi connectivity index (χ0) is 20.7. The molecule has 2 saturated heterocycles. The Hall–Kier alpha value is -3.00. The van der Waals surface area contributed by atoms with Crippen molar-refractivity contribution in [2.75, 3.05) is 19.7 Å². The summed E-state index contributed by atoms with van der Waals surface area (Å²) in [5, 5.41) is 10.1. The van der Waals surface area contributed by atoms with E-state index in [1.54, 1.807) is 30.2 Å². The standard InChI is InChI=1S/C21H23N3O5/c1-3-9-29-21(28)18-15-11-23(19(26)13-5-4-7-22-10-13)8-6-14(15)17-16(12(2)25)20(27)24(17)18/h3-5,7,10,12,14,16-17,25H,1,6,8-9,11H2,2H3/t12-,14+,16-,17-/m1/s1. The Morgan fingerprint density at radius 2 is 2.28 bits per heavy atom. The molecule has 0 aromatic carbocycles. The molecule has 0 saturated carbocycles. The quantitative estimate of drug-likeness (QED) is 0.447. The SMILES string of the molecule is C=CCOC(=O)C1=C2CN(C(=O)c3cccnc3)CC[C@@H]2[C@@H]2[C@@H]([C@@H](C)O)C(=O)N12. The fourth-order valence-electron chi connectivity index (χ4n) is 4.64. The van der Waals surface area contributed by atoms with Crippen LogP contribution in [-0.4, -0.2) is 69.5 Å². The van der Waals surface area contributed by atoms with Crippen molar-refractivity contribution in [1.82, 2.24) is 14.8 Å². The van der Waals surface area contributed by atoms with Crippen LogP contribution in [0, 0.1) is 11.8 Å². The van der Waals surface area contributed by atoms with Crippen LogP contribution in [0.2, 0.25) is 0 Å². The van der Waals surface area contributed by atoms with E-state index in [0.29, 0.717) is 18.5 Å². The molecule has 29 heavy (non-hydrogen) atoms. The van der Waals surface area contributed by atoms with Crippen molar-refractivity contribution in [3.8, 4) is 0 Å². The molecule has 3 aliphatic rings. The number of amides is 2. The summed E-state index contributed by atoms with van der Waals surface area (Å²) >= 11 is 0. The number of pyridine rings is 1. The van der Waals surface area contributed by atoms with Crippen molar-refractivity contribution >= 4 is 17.8 Å². The van der Waals surface area contributed by atoms with Crippen molar-refractivity contribution in [1.29, 1.82) is 0 Å². The zero-order valence-electron chi connectivity index (χ0n) is 16.2. The molecule has 0 bridgehead atoms. The van der Waals surface area contributed by atoms with E-state index in [0.717, 1.165) is 5.57 Å². The van der Waals surface area contributed by atoms with E-state index in [-0.39, 0.29) is 42.6 Å². The van der Waals surface area contributed by atoms with Gasteiger partial charge < -0.3 is 19.6 Å². The van der Waals surface area contributed by atoms with Crippen molar-refractivity contribution in [3.05, 3.63) is 54.0 Å². The summed E-state index contributed by atoms with van der Waals surface area (Å²) in [6.45, 7) is 5.91. The molecule has 1 N–H and O–H groups in total. The number of β-lactam (4-membered cyclic amide) rings is 1. The lowest BCUT2D eigenvalue weighted by Crippen LogP contribution is -2.64. The Bertz CT molecular complexity index is 895. The highest BCUT2D eigenvalue weighted by Gasteiger charge is 2.61. The van der Waals surface area contributed by atoms with Crippen molar-refractivity contribution in [2.45, 2.75) is 25.5 Å². The summed E-state index contributed by atoms with van der Waals surface area (Å²) < 4.78 is 5.22. The molecule has 0 aliphatic carbocycles. The molecule has 0 spiro atoms. The summed E-state index contributed by atoms with van der Waals surface area (Å²) in [5.41, 5.74) is 1.41. The average Bonchev–Trinajstić information content (AvgIpc) is 3.01. The number of nitrogens with zero attached hydrogens (tertiary/aromatic N) is 3. The summed E-state index contributed by atoms with van der Waals surface area (Å²) in [5.74, 6) is -1.66. The van der Waals surface area contributed by atoms with Crippen LogP contribution in [0.25, 0.3) is 0 Å². The number of carbonyl (C=O) groups is 3. The summed E-state index contributed by atoms with van der Waals surface area (Å²) in [6.07, 6.45) is 4.38. The fraction of sp³-hybridized carbons (Fsp3) is 0.429. The van der Waals surface area contributed by atoms with Gasteiger partial charge in [-0.05, 0) is 31.1 Å². The molecule has 2 fully saturated rings. The first-order valence-electron chi connectivity index (χ1n) is 9.67. The van der Waals surface area contributed by atoms with Gasteiger partial charge in [0, 0.05) is 31.4 Å². The predicted octanol–water partition coefficient (Wildman–Crippen LogP) is 0.748. The Labute approximate surface area is 168 Å². The van der Waals surface area contributed by atoms with Gasteiger partial charge in [-0.25, -0.2) is 4.79 Å². The summed E-state index contributed by atoms with van der Waals surface area (Å²) in [6, 6.07) is 3.13. The van der Waals surface area contributed by atoms with Gasteiger partial charge in [0.1, 0.15) is 12.3 Å². The van der Waals surface area contributed by atoms with Crippen LogP contribution in [-0.2, 0) is 14.3 Å². The smallest absolute Gasteiger partial charge is 0.355 e. The fourth-order valence-corrected chi connectivity index (χ4v) is 4.64. The number of fused-ring (bicyclic) bond motifs is 3. The van der Waals surface area contributed by atoms with Crippen molar-refractivity contribution in [2.24, 2.45) is 11.8 Å². The van der Waals surface area contributed by atoms with Gasteiger partial charge in [0.2, 0.25) is 5.91 Å². The maximum Gasteiger partial charge on any atom is 0.355 e. The second-order valence-electron chi connectivity index (χ2n) is 7.59. The van der Waals surface area contributed by atoms with Gasteiger partial charge >= 0.3 is 5.97 Å². The number of likely N-dealkylation sites (tertiary alicyclic amines) is 1. The molecule has 4 heterocycles. The highest BCUT2D eigenvalue weighted by molar-refractivity contribution is 6.01. The van der Waals surface area contributed by atoms with Crippen molar-refractivity contribution < 1.29 is 24.2 Å². The third-order valence-corrected chi connectivity index (χ3v) is 5.91. The van der Waals surface area contributed by atoms with Crippen LogP contribution in [0.15, 0.2) is 48.5 Å². The minimum atomic E-state index is -0.802. The number of hydrogen-bond donors (Lipinski definition) is 1. The third kappa shape index (κ3) is 3.04. The maximum atomic E-state index is 12.9. The number of piperidine rings is 1. The second-order valence-corrected chi connectivity index (χ2v) is 7.59. The Kier molecular flexibility index (Phi) is 4.96. The lowest BCUT2D eigenvalue weighted by molar-refractivity contribution is -0.164. The second kappa shape index (κ2) is 7.44. The minimum absolute atomic E-state index is 0.0329. The van der Waals surface area contributed by atoms with Crippen molar-refractivity contribution in [3.63, 3.8) is 0 Å². The number of rotatable bonds is 5. The molecule has 1 aromatic rings. The minimum Gasteiger partial charge on any atom is -0.457 e. The number of aliphatic hydroxyl groups excluding tert-OH is 1. The first kappa shape index (κ1) is 19.3. The van der Waals surface area contributed by atoms with Gasteiger partial charge in [-0.3, -0.25) is 14.6 Å². The highest BCUT2D eigenvalue weighted by Crippen LogP contribution is 2.50. The maximum absolute atomic E-state index is 12.9. The Morgan fingerprint density at radius 3 is 2.93 bits per heavy atom. The molecule has 152 valence electrons. The van der Waals surface area contributed by atoms with E-state index in [4.69, 9.17) is 4.74 Å². The molecule has 2 amide bonds. The van der Waals surface area contributed by atoms with Gasteiger partial charge in [-0.15, -0.1) is 0 Å². The number of carbonyl (C=O) groups excluding carboxylic acids is 3. The number of aromatic nitrogens is 1. The summed E-state index contributed by atoms with van der Waals surface area (Å²) in [4.78, 5) is 45.4. The lowest BCUT2D eigenvalue weighted by atomic mass is 9.74. The molecular weight excluding hydrogens is 374 g/mol. The van der Waals surface area contributed by atoms with Gasteiger partial charge in [-0.1, -0.05) is 12.7 Å². The molecule has 8 heteroatoms. The van der Waals surface area contributed by atoms with Crippen LogP contribution in [0.4, 0.5) is 0 Å². The number of esters is 1. The van der Waals surface area contributed by atoms with Crippen LogP contribution < -0.4 is 0 Å². The molecule has 3 aliphatic heterocycles. The van der Waals surface area contributed by atoms with Crippen LogP contribution in [0.3, 0.4) is 0 Å². The van der Waals surface area contributed by atoms with Gasteiger partial charge in [0.15, 0.2) is 0 Å². The van der Waals surface area contributed by atoms with Gasteiger partial charge in [0.25, 0.3) is 5.91 Å². The van der Waals surface area contributed by atoms with E-state index >= 15 is 0 Å². The molecule has 8 nitrogen and oxygen atoms in total. The molecular formula is C21H23N3O5. The zero-order valence-corrected chi connectivity index (χ0v) is 16.2. The van der Waals surface area contributed by atoms with Gasteiger partial charge in [-0.2, -0.15) is 0 Å². The number of aliphatic hydroxyl groups is 1. The number of hydrogen-bond acceptors (Lipinski definition) is 6. The van der Waals surface area contributed by atoms with Gasteiger partial charge in [0.05, 0.1) is 23.6 Å². The lowest BCUT2D eigenvalue weighted by Gasteiger charge is -2.48. The monoisotopic (exact) mass is 397 g/mol. The first-order chi connectivity index (χ1) is 14.0. The Morgan fingerprint density at radius 1 is 1.48 bits per heavy atom. The topological polar surface area (TPSA) is 100 Å². The average molecular weight is 397 g/mol. The molecule has 1 aromatic heterocycles. The predicted molar refractivity (Wildman–Crippen MR) is 102 cm³/mol. The largest absolute Gasteiger partial charge is 0.457 e. The Balaban J connectivity index is 1.65. The normalized spacial score (nSPS) is 26.4. The van der Waals surface area contributed by atoms with Crippen LogP contribution in [0.5, 0.6) is 0 Å². The van der Waals surface area contributed by atoms with E-state index < -0.39 is 18.0 Å². The van der Waals surface area contributed by atoms with Crippen LogP contribution in [0.1, 0.15) is 23.7 Å². The van der Waals surface area contributed by atoms with E-state index in [1.165, 1.54) is 17.2 Å². The van der Waals surface area contributed by atoms with E-state index in [9.17, 15) is 19.5 Å². The van der Waals surface area contributed by atoms with E-state index in [2.05, 4.69) is 11.6 Å². The highest BCUT2D eigenvalue weighted by atomic mass is 16.5. The summed E-state index contributed by atoms with van der Waals surface area (Å²) in [7, 11) is 0. The third-order valence-electron chi connectivity index (χ3n) is 5.91.